The fraction of sp³-hybridized carbons (Fsp3) is 0.0769. The van der Waals surface area contributed by atoms with Crippen molar-refractivity contribution in [2.45, 2.75) is 5.75 Å². The average Bonchev–Trinajstić information content (AvgIpc) is 2.37. The molecule has 0 unspecified atom stereocenters. The maximum Gasteiger partial charge on any atom is 0.269 e. The van der Waals surface area contributed by atoms with Crippen molar-refractivity contribution in [3.05, 3.63) is 64.2 Å². The fourth-order valence-electron chi connectivity index (χ4n) is 1.80. The van der Waals surface area contributed by atoms with Crippen molar-refractivity contribution in [2.24, 2.45) is 0 Å². The predicted molar refractivity (Wildman–Crippen MR) is 87.4 cm³/mol. The monoisotopic (exact) mass is 343 g/mol. The molecule has 7 nitrogen and oxygen atoms in total. The van der Waals surface area contributed by atoms with Gasteiger partial charge in [-0.2, -0.15) is 0 Å². The van der Waals surface area contributed by atoms with Crippen molar-refractivity contribution < 1.29 is 13.3 Å². The molecule has 2 rings (SSSR count). The Balaban J connectivity index is 0.00000242. The molecule has 3 N–H and O–H groups in total. The SMILES string of the molecule is Cl.Nc1cccc(NS(=O)(=O)Cc2cccc([N+](=O)[O-])c2)c1. The van der Waals surface area contributed by atoms with Gasteiger partial charge in [0.05, 0.1) is 16.4 Å². The number of nitro benzene ring substituents is 1. The first-order valence-electron chi connectivity index (χ1n) is 5.95. The van der Waals surface area contributed by atoms with Crippen LogP contribution in [0.15, 0.2) is 48.5 Å². The number of nitrogens with two attached hydrogens (primary N) is 1. The molecule has 9 heteroatoms. The van der Waals surface area contributed by atoms with E-state index in [0.717, 1.165) is 0 Å². The summed E-state index contributed by atoms with van der Waals surface area (Å²) in [6, 6.07) is 11.8. The third kappa shape index (κ3) is 4.90. The molecule has 0 spiro atoms. The molecule has 0 heterocycles. The van der Waals surface area contributed by atoms with Gasteiger partial charge in [-0.1, -0.05) is 18.2 Å². The summed E-state index contributed by atoms with van der Waals surface area (Å²) < 4.78 is 26.5. The van der Waals surface area contributed by atoms with Crippen molar-refractivity contribution in [1.82, 2.24) is 0 Å². The number of anilines is 2. The number of nitrogens with one attached hydrogen (secondary N) is 1. The van der Waals surface area contributed by atoms with E-state index in [4.69, 9.17) is 5.73 Å². The first-order valence-corrected chi connectivity index (χ1v) is 7.60. The van der Waals surface area contributed by atoms with Crippen LogP contribution < -0.4 is 10.5 Å². The number of nitrogen functional groups attached to an aromatic ring is 1. The second kappa shape index (κ2) is 7.10. The smallest absolute Gasteiger partial charge is 0.269 e. The highest BCUT2D eigenvalue weighted by molar-refractivity contribution is 7.91. The highest BCUT2D eigenvalue weighted by atomic mass is 35.5. The Labute approximate surface area is 133 Å². The summed E-state index contributed by atoms with van der Waals surface area (Å²) in [6.07, 6.45) is 0. The zero-order valence-corrected chi connectivity index (χ0v) is 12.9. The van der Waals surface area contributed by atoms with E-state index in [0.29, 0.717) is 16.9 Å². The second-order valence-corrected chi connectivity index (χ2v) is 6.14. The molecular formula is C13H14ClN3O4S. The highest BCUT2D eigenvalue weighted by Gasteiger charge is 2.14. The number of nitro groups is 1. The van der Waals surface area contributed by atoms with Crippen LogP contribution in [0, 0.1) is 10.1 Å². The summed E-state index contributed by atoms with van der Waals surface area (Å²) in [7, 11) is -3.68. The van der Waals surface area contributed by atoms with E-state index in [9.17, 15) is 18.5 Å². The maximum absolute atomic E-state index is 12.0. The van der Waals surface area contributed by atoms with Gasteiger partial charge in [0.2, 0.25) is 10.0 Å². The number of non-ortho nitro benzene ring substituents is 1. The van der Waals surface area contributed by atoms with Crippen molar-refractivity contribution in [2.75, 3.05) is 10.5 Å². The van der Waals surface area contributed by atoms with Crippen LogP contribution in [0.4, 0.5) is 17.1 Å². The lowest BCUT2D eigenvalue weighted by atomic mass is 10.2. The molecule has 0 radical (unpaired) electrons. The van der Waals surface area contributed by atoms with Gasteiger partial charge in [0, 0.05) is 17.8 Å². The van der Waals surface area contributed by atoms with E-state index in [1.807, 2.05) is 0 Å². The van der Waals surface area contributed by atoms with Crippen LogP contribution in [0.5, 0.6) is 0 Å². The van der Waals surface area contributed by atoms with E-state index in [-0.39, 0.29) is 23.8 Å². The molecule has 0 saturated heterocycles. The van der Waals surface area contributed by atoms with Gasteiger partial charge in [-0.3, -0.25) is 14.8 Å². The predicted octanol–water partition coefficient (Wildman–Crippen LogP) is 2.54. The van der Waals surface area contributed by atoms with Gasteiger partial charge in [-0.15, -0.1) is 12.4 Å². The number of sulfonamides is 1. The molecule has 0 bridgehead atoms. The van der Waals surface area contributed by atoms with Crippen LogP contribution >= 0.6 is 12.4 Å². The van der Waals surface area contributed by atoms with E-state index in [1.165, 1.54) is 30.3 Å². The zero-order valence-electron chi connectivity index (χ0n) is 11.3. The Kier molecular flexibility index (Phi) is 5.72. The normalized spacial score (nSPS) is 10.5. The Morgan fingerprint density at radius 3 is 2.45 bits per heavy atom. The Hall–Kier alpha value is -2.32. The number of halogens is 1. The molecule has 0 aliphatic carbocycles. The van der Waals surface area contributed by atoms with E-state index < -0.39 is 14.9 Å². The highest BCUT2D eigenvalue weighted by Crippen LogP contribution is 2.18. The van der Waals surface area contributed by atoms with Crippen LogP contribution in [0.25, 0.3) is 0 Å². The number of benzene rings is 2. The quantitative estimate of drug-likeness (QED) is 0.491. The van der Waals surface area contributed by atoms with Gasteiger partial charge in [0.25, 0.3) is 5.69 Å². The zero-order chi connectivity index (χ0) is 15.5. The summed E-state index contributed by atoms with van der Waals surface area (Å²) in [5.74, 6) is -0.358. The fourth-order valence-corrected chi connectivity index (χ4v) is 2.97. The minimum atomic E-state index is -3.68. The number of rotatable bonds is 5. The second-order valence-electron chi connectivity index (χ2n) is 4.41. The third-order valence-corrected chi connectivity index (χ3v) is 3.90. The van der Waals surface area contributed by atoms with Crippen LogP contribution in [0.1, 0.15) is 5.56 Å². The van der Waals surface area contributed by atoms with Crippen LogP contribution in [-0.2, 0) is 15.8 Å². The first kappa shape index (κ1) is 17.7. The lowest BCUT2D eigenvalue weighted by Crippen LogP contribution is -2.15. The number of hydrogen-bond acceptors (Lipinski definition) is 5. The summed E-state index contributed by atoms with van der Waals surface area (Å²) >= 11 is 0. The molecule has 2 aromatic rings. The van der Waals surface area contributed by atoms with Gasteiger partial charge >= 0.3 is 0 Å². The van der Waals surface area contributed by atoms with E-state index in [2.05, 4.69) is 4.72 Å². The minimum absolute atomic E-state index is 0. The van der Waals surface area contributed by atoms with Crippen molar-refractivity contribution in [3.63, 3.8) is 0 Å². The van der Waals surface area contributed by atoms with E-state index in [1.54, 1.807) is 18.2 Å². The number of nitrogens with zero attached hydrogens (tertiary/aromatic N) is 1. The largest absolute Gasteiger partial charge is 0.399 e. The van der Waals surface area contributed by atoms with Crippen molar-refractivity contribution >= 4 is 39.5 Å². The lowest BCUT2D eigenvalue weighted by molar-refractivity contribution is -0.384. The average molecular weight is 344 g/mol. The minimum Gasteiger partial charge on any atom is -0.399 e. The summed E-state index contributed by atoms with van der Waals surface area (Å²) in [5, 5.41) is 10.7. The summed E-state index contributed by atoms with van der Waals surface area (Å²) in [6.45, 7) is 0. The van der Waals surface area contributed by atoms with Gasteiger partial charge in [-0.25, -0.2) is 8.42 Å². The molecule has 0 fully saturated rings. The van der Waals surface area contributed by atoms with E-state index >= 15 is 0 Å². The van der Waals surface area contributed by atoms with Crippen LogP contribution in [-0.4, -0.2) is 13.3 Å². The molecule has 0 amide bonds. The molecule has 0 saturated carbocycles. The molecule has 0 atom stereocenters. The third-order valence-electron chi connectivity index (χ3n) is 2.64. The van der Waals surface area contributed by atoms with Gasteiger partial charge < -0.3 is 5.73 Å². The molecular weight excluding hydrogens is 330 g/mol. The Morgan fingerprint density at radius 1 is 1.14 bits per heavy atom. The molecule has 0 aliphatic rings. The summed E-state index contributed by atoms with van der Waals surface area (Å²) in [4.78, 5) is 10.1. The summed E-state index contributed by atoms with van der Waals surface area (Å²) in [5.41, 5.74) is 6.54. The Bertz CT molecular complexity index is 780. The van der Waals surface area contributed by atoms with Gasteiger partial charge in [0.1, 0.15) is 0 Å². The topological polar surface area (TPSA) is 115 Å². The molecule has 0 aromatic heterocycles. The first-order chi connectivity index (χ1) is 9.85. The molecule has 2 aromatic carbocycles. The molecule has 22 heavy (non-hydrogen) atoms. The number of hydrogen-bond donors (Lipinski definition) is 2. The molecule has 118 valence electrons. The standard InChI is InChI=1S/C13H13N3O4S.ClH/c14-11-4-2-5-12(8-11)15-21(19,20)9-10-3-1-6-13(7-10)16(17)18;/h1-8,15H,9,14H2;1H. The lowest BCUT2D eigenvalue weighted by Gasteiger charge is -2.08. The van der Waals surface area contributed by atoms with Crippen molar-refractivity contribution in [1.29, 1.82) is 0 Å². The van der Waals surface area contributed by atoms with Gasteiger partial charge in [0.15, 0.2) is 0 Å². The maximum atomic E-state index is 12.0. The van der Waals surface area contributed by atoms with Crippen molar-refractivity contribution in [3.8, 4) is 0 Å². The Morgan fingerprint density at radius 2 is 1.82 bits per heavy atom. The van der Waals surface area contributed by atoms with Crippen LogP contribution in [0.3, 0.4) is 0 Å². The van der Waals surface area contributed by atoms with Gasteiger partial charge in [-0.05, 0) is 23.8 Å². The van der Waals surface area contributed by atoms with Crippen LogP contribution in [0.2, 0.25) is 0 Å². The molecule has 0 aliphatic heterocycles.